The molecule has 0 aromatic carbocycles. The summed E-state index contributed by atoms with van der Waals surface area (Å²) >= 11 is 0. The van der Waals surface area contributed by atoms with Crippen LogP contribution in [0.3, 0.4) is 0 Å². The number of hydrogen-bond acceptors (Lipinski definition) is 9. The van der Waals surface area contributed by atoms with Crippen LogP contribution in [0.1, 0.15) is 72.4 Å². The highest BCUT2D eigenvalue weighted by molar-refractivity contribution is 5.96. The van der Waals surface area contributed by atoms with Gasteiger partial charge in [0.05, 0.1) is 30.2 Å². The fourth-order valence-corrected chi connectivity index (χ4v) is 7.92. The van der Waals surface area contributed by atoms with E-state index in [9.17, 15) is 9.90 Å². The number of nitrogens with two attached hydrogens (primary N) is 1. The third-order valence-corrected chi connectivity index (χ3v) is 10.8. The van der Waals surface area contributed by atoms with Gasteiger partial charge >= 0.3 is 0 Å². The first-order chi connectivity index (χ1) is 23.7. The number of aromatic nitrogens is 5. The molecule has 0 radical (unpaired) electrons. The van der Waals surface area contributed by atoms with Crippen LogP contribution in [-0.2, 0) is 13.1 Å². The molecule has 2 aliphatic heterocycles. The lowest BCUT2D eigenvalue weighted by molar-refractivity contribution is -0.0185. The number of rotatable bonds is 11. The van der Waals surface area contributed by atoms with Crippen molar-refractivity contribution in [2.75, 3.05) is 14.2 Å². The maximum absolute atomic E-state index is 13.8. The average Bonchev–Trinajstić information content (AvgIpc) is 3.42. The smallest absolute Gasteiger partial charge is 0.254 e. The lowest BCUT2D eigenvalue weighted by Crippen LogP contribution is -2.44. The van der Waals surface area contributed by atoms with Crippen molar-refractivity contribution in [3.05, 3.63) is 77.4 Å². The Labute approximate surface area is 285 Å². The second-order valence-electron chi connectivity index (χ2n) is 14.2. The fourth-order valence-electron chi connectivity index (χ4n) is 7.92. The van der Waals surface area contributed by atoms with E-state index in [1.165, 1.54) is 12.8 Å². The number of aliphatic hydroxyl groups is 1. The van der Waals surface area contributed by atoms with Crippen LogP contribution in [0.5, 0.6) is 5.88 Å². The summed E-state index contributed by atoms with van der Waals surface area (Å²) in [5.41, 5.74) is 13.1. The van der Waals surface area contributed by atoms with Gasteiger partial charge in [0.1, 0.15) is 17.0 Å². The van der Waals surface area contributed by atoms with Crippen molar-refractivity contribution in [2.24, 2.45) is 11.7 Å². The summed E-state index contributed by atoms with van der Waals surface area (Å²) in [6.45, 7) is 5.47. The summed E-state index contributed by atoms with van der Waals surface area (Å²) in [4.78, 5) is 32.2. The average molecular weight is 664 g/mol. The Morgan fingerprint density at radius 3 is 2.69 bits per heavy atom. The van der Waals surface area contributed by atoms with E-state index in [-0.39, 0.29) is 30.1 Å². The van der Waals surface area contributed by atoms with E-state index in [1.807, 2.05) is 65.4 Å². The van der Waals surface area contributed by atoms with Gasteiger partial charge in [0.2, 0.25) is 0 Å². The summed E-state index contributed by atoms with van der Waals surface area (Å²) < 4.78 is 10.1. The van der Waals surface area contributed by atoms with Crippen LogP contribution >= 0.6 is 0 Å². The molecule has 4 N–H and O–H groups in total. The summed E-state index contributed by atoms with van der Waals surface area (Å²) in [6.07, 6.45) is 7.90. The molecule has 3 fully saturated rings. The highest BCUT2D eigenvalue weighted by Crippen LogP contribution is 2.40. The summed E-state index contributed by atoms with van der Waals surface area (Å²) in [7, 11) is 3.51. The normalized spacial score (nSPS) is 21.7. The summed E-state index contributed by atoms with van der Waals surface area (Å²) in [5, 5.41) is 15.3. The first-order valence-corrected chi connectivity index (χ1v) is 17.4. The number of imidazole rings is 1. The second kappa shape index (κ2) is 12.5. The van der Waals surface area contributed by atoms with Gasteiger partial charge < -0.3 is 25.0 Å². The topological polar surface area (TPSA) is 139 Å². The zero-order valence-corrected chi connectivity index (χ0v) is 28.6. The number of nitrogens with one attached hydrogen (secondary N) is 1. The number of fused-ring (bicyclic) bond motifs is 4. The lowest BCUT2D eigenvalue weighted by Gasteiger charge is -2.27. The van der Waals surface area contributed by atoms with Gasteiger partial charge in [-0.05, 0) is 94.8 Å². The molecule has 8 rings (SSSR count). The van der Waals surface area contributed by atoms with Gasteiger partial charge in [-0.25, -0.2) is 9.97 Å². The number of carbonyl (C=O) groups is 1. The number of ether oxygens (including phenoxy) is 1. The molecule has 5 aromatic rings. The monoisotopic (exact) mass is 663 g/mol. The SMILES string of the molecule is COc1cc(C(=O)N2[C@H]3CC[C@@H]2[C@H](N)C3)cc2nc(-c3cc4ccc([C@@H](C)NC(O)N(C)Cc5cccnc5)nc4n3CC3CC3)c(C)n12. The molecule has 5 aromatic heterocycles. The van der Waals surface area contributed by atoms with Crippen molar-refractivity contribution in [3.8, 4) is 17.3 Å². The number of hydrogen-bond donors (Lipinski definition) is 3. The molecule has 1 saturated carbocycles. The molecule has 3 aliphatic rings. The Morgan fingerprint density at radius 2 is 2.00 bits per heavy atom. The highest BCUT2D eigenvalue weighted by Gasteiger charge is 2.47. The molecule has 2 saturated heterocycles. The Balaban J connectivity index is 1.12. The lowest BCUT2D eigenvalue weighted by atomic mass is 9.97. The van der Waals surface area contributed by atoms with E-state index in [1.54, 1.807) is 19.5 Å². The maximum atomic E-state index is 13.8. The van der Waals surface area contributed by atoms with Crippen LogP contribution in [-0.4, -0.2) is 83.4 Å². The minimum absolute atomic E-state index is 0.000792. The first kappa shape index (κ1) is 31.9. The van der Waals surface area contributed by atoms with Gasteiger partial charge in [-0.1, -0.05) is 6.07 Å². The molecule has 49 heavy (non-hydrogen) atoms. The zero-order chi connectivity index (χ0) is 34.0. The van der Waals surface area contributed by atoms with E-state index in [4.69, 9.17) is 20.4 Å². The quantitative estimate of drug-likeness (QED) is 0.177. The number of aryl methyl sites for hydroxylation is 1. The van der Waals surface area contributed by atoms with Crippen molar-refractivity contribution in [1.82, 2.24) is 39.0 Å². The van der Waals surface area contributed by atoms with Crippen LogP contribution in [0, 0.1) is 12.8 Å². The minimum atomic E-state index is -0.869. The number of pyridine rings is 3. The number of methoxy groups -OCH3 is 1. The molecule has 2 bridgehead atoms. The second-order valence-corrected chi connectivity index (χ2v) is 14.2. The van der Waals surface area contributed by atoms with Gasteiger partial charge in [-0.3, -0.25) is 24.4 Å². The van der Waals surface area contributed by atoms with E-state index >= 15 is 0 Å². The molecular weight excluding hydrogens is 618 g/mol. The molecule has 1 aliphatic carbocycles. The van der Waals surface area contributed by atoms with Crippen LogP contribution < -0.4 is 15.8 Å². The number of carbonyl (C=O) groups excluding carboxylic acids is 1. The molecule has 5 atom stereocenters. The van der Waals surface area contributed by atoms with Crippen LogP contribution in [0.4, 0.5) is 0 Å². The number of nitrogens with zero attached hydrogens (tertiary/aromatic N) is 7. The van der Waals surface area contributed by atoms with Gasteiger partial charge in [0.25, 0.3) is 5.91 Å². The van der Waals surface area contributed by atoms with Crippen molar-refractivity contribution < 1.29 is 14.6 Å². The van der Waals surface area contributed by atoms with Crippen molar-refractivity contribution >= 4 is 22.6 Å². The van der Waals surface area contributed by atoms with Crippen molar-refractivity contribution in [2.45, 2.75) is 89.6 Å². The largest absolute Gasteiger partial charge is 0.482 e. The maximum Gasteiger partial charge on any atom is 0.254 e. The Morgan fingerprint density at radius 1 is 1.16 bits per heavy atom. The molecule has 12 nitrogen and oxygen atoms in total. The first-order valence-electron chi connectivity index (χ1n) is 17.4. The van der Waals surface area contributed by atoms with Gasteiger partial charge in [-0.15, -0.1) is 0 Å². The predicted octanol–water partition coefficient (Wildman–Crippen LogP) is 4.24. The summed E-state index contributed by atoms with van der Waals surface area (Å²) in [5.74, 6) is 1.17. The molecule has 1 unspecified atom stereocenters. The molecule has 0 spiro atoms. The predicted molar refractivity (Wildman–Crippen MR) is 187 cm³/mol. The Bertz CT molecular complexity index is 2020. The molecule has 12 heteroatoms. The summed E-state index contributed by atoms with van der Waals surface area (Å²) in [6, 6.07) is 14.0. The van der Waals surface area contributed by atoms with E-state index < -0.39 is 6.35 Å². The standard InChI is InChI=1S/C37H45N9O3/c1-21(40-37(48)43(3)19-24-6-5-13-39-18-24)29-11-9-25-14-31(44(35(25)41-29)20-23-7-8-23)34-22(2)45-32(42-34)15-26(16-33(45)49-4)36(47)46-27-10-12-30(46)28(38)17-27/h5-6,9,11,13-16,18,21,23,27-28,30,37,40,48H,7-8,10,12,17,19-20,38H2,1-4H3/t21-,27+,28-,30-,37?/m1/s1. The zero-order valence-electron chi connectivity index (χ0n) is 28.6. The van der Waals surface area contributed by atoms with E-state index in [2.05, 4.69) is 27.0 Å². The number of amides is 1. The van der Waals surface area contributed by atoms with Gasteiger partial charge in [0.15, 0.2) is 12.2 Å². The van der Waals surface area contributed by atoms with Crippen molar-refractivity contribution in [3.63, 3.8) is 0 Å². The van der Waals surface area contributed by atoms with Crippen LogP contribution in [0.2, 0.25) is 0 Å². The van der Waals surface area contributed by atoms with E-state index in [0.717, 1.165) is 65.2 Å². The number of aliphatic hydroxyl groups excluding tert-OH is 1. The third-order valence-electron chi connectivity index (χ3n) is 10.8. The minimum Gasteiger partial charge on any atom is -0.482 e. The van der Waals surface area contributed by atoms with Crippen LogP contribution in [0.15, 0.2) is 54.9 Å². The highest BCUT2D eigenvalue weighted by atomic mass is 16.5. The Kier molecular flexibility index (Phi) is 8.14. The third kappa shape index (κ3) is 5.76. The van der Waals surface area contributed by atoms with E-state index in [0.29, 0.717) is 29.6 Å². The van der Waals surface area contributed by atoms with Gasteiger partial charge in [-0.2, -0.15) is 0 Å². The molecule has 1 amide bonds. The molecular formula is C37H45N9O3. The molecule has 7 heterocycles. The van der Waals surface area contributed by atoms with Gasteiger partial charge in [0, 0.05) is 60.6 Å². The molecule has 256 valence electrons. The van der Waals surface area contributed by atoms with Crippen LogP contribution in [0.25, 0.3) is 28.1 Å². The fraction of sp³-hybridized carbons (Fsp3) is 0.459. The van der Waals surface area contributed by atoms with Crippen molar-refractivity contribution in [1.29, 1.82) is 0 Å². The Hall–Kier alpha value is -4.36.